The minimum Gasteiger partial charge on any atom is -0.395 e. The van der Waals surface area contributed by atoms with E-state index in [0.717, 1.165) is 0 Å². The number of halogens is 5. The van der Waals surface area contributed by atoms with Crippen LogP contribution in [0.25, 0.3) is 11.1 Å². The Hall–Kier alpha value is -2.61. The van der Waals surface area contributed by atoms with Crippen LogP contribution in [0, 0.1) is 0 Å². The lowest BCUT2D eigenvalue weighted by atomic mass is 10.1. The van der Waals surface area contributed by atoms with E-state index in [1.54, 1.807) is 24.3 Å². The summed E-state index contributed by atoms with van der Waals surface area (Å²) in [6, 6.07) is 10.4. The first kappa shape index (κ1) is 23.1. The summed E-state index contributed by atoms with van der Waals surface area (Å²) in [5.74, 6) is -0.584. The van der Waals surface area contributed by atoms with Crippen molar-refractivity contribution in [2.45, 2.75) is 20.1 Å². The molecule has 1 N–H and O–H groups in total. The van der Waals surface area contributed by atoms with E-state index in [9.17, 15) is 13.6 Å². The molecule has 2 heterocycles. The van der Waals surface area contributed by atoms with Gasteiger partial charge in [-0.2, -0.15) is 0 Å². The van der Waals surface area contributed by atoms with Crippen molar-refractivity contribution < 1.29 is 23.0 Å². The molecule has 4 rings (SSSR count). The Morgan fingerprint density at radius 3 is 2.16 bits per heavy atom. The zero-order valence-corrected chi connectivity index (χ0v) is 18.4. The molecule has 10 heteroatoms. The minimum atomic E-state index is -3.74. The summed E-state index contributed by atoms with van der Waals surface area (Å²) in [5, 5.41) is 3.17. The van der Waals surface area contributed by atoms with Crippen LogP contribution in [-0.4, -0.2) is 17.2 Å². The van der Waals surface area contributed by atoms with E-state index in [4.69, 9.17) is 34.8 Å². The molecule has 1 aliphatic heterocycles. The molecule has 0 saturated carbocycles. The van der Waals surface area contributed by atoms with E-state index in [2.05, 4.69) is 19.8 Å². The van der Waals surface area contributed by atoms with E-state index < -0.39 is 12.2 Å². The predicted molar refractivity (Wildman–Crippen MR) is 117 cm³/mol. The van der Waals surface area contributed by atoms with Crippen LogP contribution in [0.15, 0.2) is 48.7 Å². The van der Waals surface area contributed by atoms with Crippen LogP contribution >= 0.6 is 34.8 Å². The number of amides is 1. The number of nitrogens with one attached hydrogen (secondary N) is 1. The van der Waals surface area contributed by atoms with Crippen LogP contribution in [-0.2, 0) is 0 Å². The number of hydrogen-bond donors (Lipinski definition) is 1. The van der Waals surface area contributed by atoms with Gasteiger partial charge in [-0.3, -0.25) is 4.79 Å². The molecule has 5 nitrogen and oxygen atoms in total. The number of aromatic nitrogens is 1. The lowest BCUT2D eigenvalue weighted by molar-refractivity contribution is -0.286. The van der Waals surface area contributed by atoms with Gasteiger partial charge in [-0.1, -0.05) is 54.7 Å². The van der Waals surface area contributed by atoms with Crippen molar-refractivity contribution in [3.8, 4) is 22.6 Å². The predicted octanol–water partition coefficient (Wildman–Crippen LogP) is 7.31. The van der Waals surface area contributed by atoms with Crippen molar-refractivity contribution in [3.63, 3.8) is 0 Å². The number of fused-ring (bicyclic) bond motifs is 1. The van der Waals surface area contributed by atoms with Crippen molar-refractivity contribution in [1.29, 1.82) is 0 Å². The topological polar surface area (TPSA) is 60.5 Å². The van der Waals surface area contributed by atoms with E-state index >= 15 is 0 Å². The first-order chi connectivity index (χ1) is 14.7. The molecule has 0 atom stereocenters. The van der Waals surface area contributed by atoms with E-state index in [1.807, 2.05) is 13.8 Å². The maximum absolute atomic E-state index is 13.2. The number of nitrogens with zero attached hydrogens (tertiary/aromatic N) is 1. The van der Waals surface area contributed by atoms with Crippen LogP contribution in [0.3, 0.4) is 0 Å². The normalized spacial score (nSPS) is 13.3. The Morgan fingerprint density at radius 2 is 1.58 bits per heavy atom. The van der Waals surface area contributed by atoms with Crippen LogP contribution in [0.5, 0.6) is 11.5 Å². The van der Waals surface area contributed by atoms with Crippen molar-refractivity contribution >= 4 is 46.5 Å². The second kappa shape index (κ2) is 9.26. The molecule has 0 bridgehead atoms. The third-order valence-corrected chi connectivity index (χ3v) is 4.94. The van der Waals surface area contributed by atoms with Gasteiger partial charge in [0.2, 0.25) is 0 Å². The fourth-order valence-corrected chi connectivity index (χ4v) is 3.55. The molecule has 31 heavy (non-hydrogen) atoms. The Morgan fingerprint density at radius 1 is 0.968 bits per heavy atom. The zero-order valence-electron chi connectivity index (χ0n) is 16.2. The minimum absolute atomic E-state index is 0.126. The Bertz CT molecular complexity index is 1110. The molecule has 162 valence electrons. The maximum Gasteiger partial charge on any atom is 0.586 e. The van der Waals surface area contributed by atoms with Crippen LogP contribution < -0.4 is 14.8 Å². The van der Waals surface area contributed by atoms with E-state index in [0.29, 0.717) is 11.1 Å². The van der Waals surface area contributed by atoms with Crippen molar-refractivity contribution in [3.05, 3.63) is 69.3 Å². The summed E-state index contributed by atoms with van der Waals surface area (Å²) in [7, 11) is 0. The van der Waals surface area contributed by atoms with Crippen LogP contribution in [0.2, 0.25) is 15.1 Å². The highest BCUT2D eigenvalue weighted by atomic mass is 35.5. The molecule has 3 aromatic rings. The summed E-state index contributed by atoms with van der Waals surface area (Å²) in [4.78, 5) is 16.6. The van der Waals surface area contributed by atoms with Gasteiger partial charge in [0.25, 0.3) is 5.91 Å². The van der Waals surface area contributed by atoms with E-state index in [-0.39, 0.29) is 37.9 Å². The molecule has 0 saturated heterocycles. The number of carbonyl (C=O) groups is 1. The number of ether oxygens (including phenoxy) is 2. The fourth-order valence-electron chi connectivity index (χ4n) is 2.71. The molecular formula is C21H15Cl3F2N2O3. The average Bonchev–Trinajstić information content (AvgIpc) is 3.02. The molecule has 0 radical (unpaired) electrons. The lowest BCUT2D eigenvalue weighted by Gasteiger charge is -2.09. The molecule has 1 aromatic heterocycles. The summed E-state index contributed by atoms with van der Waals surface area (Å²) >= 11 is 18.2. The molecule has 1 amide bonds. The monoisotopic (exact) mass is 486 g/mol. The molecule has 0 unspecified atom stereocenters. The summed E-state index contributed by atoms with van der Waals surface area (Å²) in [6.07, 6.45) is -2.32. The van der Waals surface area contributed by atoms with Gasteiger partial charge in [0.15, 0.2) is 11.5 Å². The van der Waals surface area contributed by atoms with Crippen LogP contribution in [0.4, 0.5) is 14.6 Å². The lowest BCUT2D eigenvalue weighted by Crippen LogP contribution is -2.25. The number of benzene rings is 2. The Kier molecular flexibility index (Phi) is 6.89. The first-order valence-electron chi connectivity index (χ1n) is 9.05. The molecule has 2 aromatic carbocycles. The average molecular weight is 488 g/mol. The number of rotatable bonds is 3. The SMILES string of the molecule is CC.O=C(Nc1ccc(-c2cc3c(cc2Cl)OC(F)(F)O3)cn1)c1c(Cl)cccc1Cl. The largest absolute Gasteiger partial charge is 0.586 e. The second-order valence-electron chi connectivity index (χ2n) is 5.93. The van der Waals surface area contributed by atoms with E-state index in [1.165, 1.54) is 24.4 Å². The van der Waals surface area contributed by atoms with Gasteiger partial charge in [0, 0.05) is 23.4 Å². The standard InChI is InChI=1S/C19H9Cl3F2N2O3.C2H6/c20-11-2-1-3-12(21)17(11)18(27)26-16-5-4-9(8-25-16)10-6-14-15(7-13(10)22)29-19(23,24)28-14;1-2/h1-8H,(H,25,26,27);1-2H3. The van der Waals surface area contributed by atoms with Crippen molar-refractivity contribution in [1.82, 2.24) is 4.98 Å². The van der Waals surface area contributed by atoms with Gasteiger partial charge >= 0.3 is 6.29 Å². The third kappa shape index (κ3) is 5.01. The molecule has 0 aliphatic carbocycles. The third-order valence-electron chi connectivity index (χ3n) is 4.00. The number of anilines is 1. The molecule has 0 spiro atoms. The van der Waals surface area contributed by atoms with Gasteiger partial charge in [-0.15, -0.1) is 8.78 Å². The summed E-state index contributed by atoms with van der Waals surface area (Å²) < 4.78 is 35.2. The van der Waals surface area contributed by atoms with Gasteiger partial charge in [0.1, 0.15) is 5.82 Å². The van der Waals surface area contributed by atoms with Gasteiger partial charge < -0.3 is 14.8 Å². The first-order valence-corrected chi connectivity index (χ1v) is 10.2. The fraction of sp³-hybridized carbons (Fsp3) is 0.143. The number of hydrogen-bond acceptors (Lipinski definition) is 4. The molecule has 1 aliphatic rings. The number of carbonyl (C=O) groups excluding carboxylic acids is 1. The Balaban J connectivity index is 0.00000132. The number of alkyl halides is 2. The van der Waals surface area contributed by atoms with Gasteiger partial charge in [-0.25, -0.2) is 4.98 Å². The van der Waals surface area contributed by atoms with Gasteiger partial charge in [-0.05, 0) is 30.3 Å². The van der Waals surface area contributed by atoms with Crippen molar-refractivity contribution in [2.75, 3.05) is 5.32 Å². The smallest absolute Gasteiger partial charge is 0.395 e. The summed E-state index contributed by atoms with van der Waals surface area (Å²) in [6.45, 7) is 4.00. The summed E-state index contributed by atoms with van der Waals surface area (Å²) in [5.41, 5.74) is 1.05. The zero-order chi connectivity index (χ0) is 22.8. The van der Waals surface area contributed by atoms with Crippen molar-refractivity contribution in [2.24, 2.45) is 0 Å². The second-order valence-corrected chi connectivity index (χ2v) is 7.15. The van der Waals surface area contributed by atoms with Gasteiger partial charge in [0.05, 0.1) is 20.6 Å². The molecular weight excluding hydrogens is 473 g/mol. The van der Waals surface area contributed by atoms with Crippen LogP contribution in [0.1, 0.15) is 24.2 Å². The highest BCUT2D eigenvalue weighted by molar-refractivity contribution is 6.40. The molecule has 0 fully saturated rings. The maximum atomic E-state index is 13.2. The Labute approximate surface area is 191 Å². The quantitative estimate of drug-likeness (QED) is 0.421. The highest BCUT2D eigenvalue weighted by Crippen LogP contribution is 2.46. The number of pyridine rings is 1. The highest BCUT2D eigenvalue weighted by Gasteiger charge is 2.43.